The minimum absolute atomic E-state index is 0.442. The minimum atomic E-state index is -0.442. The van der Waals surface area contributed by atoms with Crippen LogP contribution in [0.2, 0.25) is 0 Å². The van der Waals surface area contributed by atoms with E-state index in [0.717, 1.165) is 55.3 Å². The van der Waals surface area contributed by atoms with E-state index in [-0.39, 0.29) is 0 Å². The number of fused-ring (bicyclic) bond motifs is 13. The van der Waals surface area contributed by atoms with E-state index in [1.807, 2.05) is 18.2 Å². The van der Waals surface area contributed by atoms with Crippen LogP contribution in [-0.2, 0) is 5.41 Å². The Labute approximate surface area is 359 Å². The van der Waals surface area contributed by atoms with Gasteiger partial charge in [0.1, 0.15) is 0 Å². The SMILES string of the molecule is c1ccc(-c2nc(-c3ccccc3-c3cccc4c3-c3ccccc3C43c4ccccc4-c4ccccc43)nc(-c3cccc4c3c3ccccc3n4-c3ccccc3)n2)cc1. The zero-order valence-corrected chi connectivity index (χ0v) is 33.6. The summed E-state index contributed by atoms with van der Waals surface area (Å²) in [6.07, 6.45) is 0. The van der Waals surface area contributed by atoms with Gasteiger partial charge in [-0.15, -0.1) is 0 Å². The first-order valence-electron chi connectivity index (χ1n) is 21.2. The maximum Gasteiger partial charge on any atom is 0.164 e. The van der Waals surface area contributed by atoms with Crippen molar-refractivity contribution in [3.05, 3.63) is 241 Å². The lowest BCUT2D eigenvalue weighted by Crippen LogP contribution is -2.25. The van der Waals surface area contributed by atoms with Gasteiger partial charge in [0, 0.05) is 33.2 Å². The predicted molar refractivity (Wildman–Crippen MR) is 252 cm³/mol. The lowest BCUT2D eigenvalue weighted by Gasteiger charge is -2.30. The summed E-state index contributed by atoms with van der Waals surface area (Å²) in [6.45, 7) is 0. The Hall–Kier alpha value is -8.21. The van der Waals surface area contributed by atoms with Crippen LogP contribution in [0.1, 0.15) is 22.3 Å². The third-order valence-electron chi connectivity index (χ3n) is 13.1. The summed E-state index contributed by atoms with van der Waals surface area (Å²) in [5.41, 5.74) is 18.3. The van der Waals surface area contributed by atoms with Crippen LogP contribution in [0.25, 0.3) is 95.0 Å². The highest BCUT2D eigenvalue weighted by Crippen LogP contribution is 2.64. The fourth-order valence-corrected chi connectivity index (χ4v) is 10.7. The lowest BCUT2D eigenvalue weighted by molar-refractivity contribution is 0.794. The van der Waals surface area contributed by atoms with Crippen molar-refractivity contribution in [3.8, 4) is 73.2 Å². The van der Waals surface area contributed by atoms with Crippen molar-refractivity contribution in [1.29, 1.82) is 0 Å². The normalized spacial score (nSPS) is 13.0. The first kappa shape index (κ1) is 34.6. The van der Waals surface area contributed by atoms with E-state index in [0.29, 0.717) is 17.5 Å². The van der Waals surface area contributed by atoms with Gasteiger partial charge in [-0.1, -0.05) is 194 Å². The van der Waals surface area contributed by atoms with Crippen molar-refractivity contribution in [2.45, 2.75) is 5.41 Å². The molecule has 4 nitrogen and oxygen atoms in total. The van der Waals surface area contributed by atoms with Crippen LogP contribution in [0.4, 0.5) is 0 Å². The fraction of sp³-hybridized carbons (Fsp3) is 0.0172. The summed E-state index contributed by atoms with van der Waals surface area (Å²) >= 11 is 0. The molecule has 2 aromatic heterocycles. The quantitative estimate of drug-likeness (QED) is 0.174. The van der Waals surface area contributed by atoms with E-state index in [1.54, 1.807) is 0 Å². The molecule has 2 heterocycles. The van der Waals surface area contributed by atoms with Gasteiger partial charge in [0.25, 0.3) is 0 Å². The van der Waals surface area contributed by atoms with Crippen LogP contribution >= 0.6 is 0 Å². The molecule has 0 saturated carbocycles. The van der Waals surface area contributed by atoms with Crippen LogP contribution in [-0.4, -0.2) is 19.5 Å². The third kappa shape index (κ3) is 4.80. The molecule has 0 amide bonds. The molecule has 288 valence electrons. The van der Waals surface area contributed by atoms with Crippen molar-refractivity contribution >= 4 is 21.8 Å². The molecule has 0 fully saturated rings. The van der Waals surface area contributed by atoms with Crippen LogP contribution in [0, 0.1) is 0 Å². The molecule has 11 aromatic rings. The highest BCUT2D eigenvalue weighted by Gasteiger charge is 2.52. The number of aromatic nitrogens is 4. The summed E-state index contributed by atoms with van der Waals surface area (Å²) in [7, 11) is 0. The van der Waals surface area contributed by atoms with Crippen LogP contribution < -0.4 is 0 Å². The smallest absolute Gasteiger partial charge is 0.164 e. The van der Waals surface area contributed by atoms with E-state index in [9.17, 15) is 0 Å². The molecular formula is C58H36N4. The Morgan fingerprint density at radius 1 is 0.306 bits per heavy atom. The molecule has 2 aliphatic carbocycles. The predicted octanol–water partition coefficient (Wildman–Crippen LogP) is 14.0. The van der Waals surface area contributed by atoms with Crippen LogP contribution in [0.3, 0.4) is 0 Å². The zero-order chi connectivity index (χ0) is 40.8. The number of hydrogen-bond acceptors (Lipinski definition) is 3. The van der Waals surface area contributed by atoms with Crippen LogP contribution in [0.15, 0.2) is 218 Å². The number of para-hydroxylation sites is 2. The minimum Gasteiger partial charge on any atom is -0.309 e. The van der Waals surface area contributed by atoms with Gasteiger partial charge in [-0.3, -0.25) is 0 Å². The van der Waals surface area contributed by atoms with Gasteiger partial charge in [0.15, 0.2) is 17.5 Å². The first-order valence-corrected chi connectivity index (χ1v) is 21.2. The molecule has 4 heteroatoms. The standard InChI is InChI=1S/C58H36N4/c1-3-19-37(20-4-1)55-59-56(61-57(60-55)46-30-18-36-52-54(46)45-28-12-16-35-51(45)62(52)38-21-5-2-6-22-38)43-26-8-7-23-39(43)42-29-17-34-50-53(42)44-27-11-15-33-49(44)58(50)47-31-13-9-24-40(47)41-25-10-14-32-48(41)58/h1-36H. The Morgan fingerprint density at radius 2 is 0.774 bits per heavy atom. The summed E-state index contributed by atoms with van der Waals surface area (Å²) < 4.78 is 2.34. The third-order valence-corrected chi connectivity index (χ3v) is 13.1. The van der Waals surface area contributed by atoms with E-state index in [1.165, 1.54) is 44.5 Å². The van der Waals surface area contributed by atoms with Crippen molar-refractivity contribution in [2.75, 3.05) is 0 Å². The van der Waals surface area contributed by atoms with Crippen molar-refractivity contribution in [1.82, 2.24) is 19.5 Å². The molecule has 0 bridgehead atoms. The van der Waals surface area contributed by atoms with Crippen molar-refractivity contribution < 1.29 is 0 Å². The van der Waals surface area contributed by atoms with Gasteiger partial charge in [0.2, 0.25) is 0 Å². The van der Waals surface area contributed by atoms with E-state index in [2.05, 4.69) is 205 Å². The largest absolute Gasteiger partial charge is 0.309 e. The highest BCUT2D eigenvalue weighted by molar-refractivity contribution is 6.15. The highest BCUT2D eigenvalue weighted by atomic mass is 15.0. The van der Waals surface area contributed by atoms with Gasteiger partial charge in [0.05, 0.1) is 16.4 Å². The van der Waals surface area contributed by atoms with E-state index >= 15 is 0 Å². The molecule has 2 aliphatic rings. The Morgan fingerprint density at radius 3 is 1.50 bits per heavy atom. The summed E-state index contributed by atoms with van der Waals surface area (Å²) in [5, 5.41) is 2.25. The molecule has 9 aromatic carbocycles. The zero-order valence-electron chi connectivity index (χ0n) is 33.6. The summed E-state index contributed by atoms with van der Waals surface area (Å²) in [6, 6.07) is 78.4. The average molecular weight is 789 g/mol. The summed E-state index contributed by atoms with van der Waals surface area (Å²) in [5.74, 6) is 1.89. The molecule has 0 saturated heterocycles. The second kappa shape index (κ2) is 13.4. The monoisotopic (exact) mass is 788 g/mol. The topological polar surface area (TPSA) is 43.6 Å². The van der Waals surface area contributed by atoms with E-state index in [4.69, 9.17) is 15.0 Å². The average Bonchev–Trinajstić information content (AvgIpc) is 3.97. The number of benzene rings is 9. The van der Waals surface area contributed by atoms with Gasteiger partial charge in [-0.25, -0.2) is 15.0 Å². The Balaban J connectivity index is 1.06. The maximum absolute atomic E-state index is 5.46. The Bertz CT molecular complexity index is 3540. The molecule has 1 spiro atoms. The van der Waals surface area contributed by atoms with Crippen molar-refractivity contribution in [2.24, 2.45) is 0 Å². The Kier molecular flexibility index (Phi) is 7.49. The van der Waals surface area contributed by atoms with Crippen LogP contribution in [0.5, 0.6) is 0 Å². The molecule has 62 heavy (non-hydrogen) atoms. The molecular weight excluding hydrogens is 753 g/mol. The van der Waals surface area contributed by atoms with E-state index < -0.39 is 5.41 Å². The van der Waals surface area contributed by atoms with Crippen molar-refractivity contribution in [3.63, 3.8) is 0 Å². The maximum atomic E-state index is 5.46. The van der Waals surface area contributed by atoms with Gasteiger partial charge in [-0.2, -0.15) is 0 Å². The molecule has 0 N–H and O–H groups in total. The number of rotatable bonds is 5. The second-order valence-corrected chi connectivity index (χ2v) is 16.2. The van der Waals surface area contributed by atoms with Gasteiger partial charge < -0.3 is 4.57 Å². The fourth-order valence-electron chi connectivity index (χ4n) is 10.7. The molecule has 13 rings (SSSR count). The number of nitrogens with zero attached hydrogens (tertiary/aromatic N) is 4. The second-order valence-electron chi connectivity index (χ2n) is 16.2. The lowest BCUT2D eigenvalue weighted by atomic mass is 9.70. The molecule has 0 atom stereocenters. The molecule has 0 aliphatic heterocycles. The summed E-state index contributed by atoms with van der Waals surface area (Å²) in [4.78, 5) is 16.1. The molecule has 0 radical (unpaired) electrons. The van der Waals surface area contributed by atoms with Gasteiger partial charge >= 0.3 is 0 Å². The number of hydrogen-bond donors (Lipinski definition) is 0. The molecule has 0 unspecified atom stereocenters. The first-order chi connectivity index (χ1) is 30.8. The van der Waals surface area contributed by atoms with Gasteiger partial charge in [-0.05, 0) is 79.9 Å².